The first kappa shape index (κ1) is 20.5. The van der Waals surface area contributed by atoms with Crippen LogP contribution in [0.15, 0.2) is 49.1 Å². The number of hydrogen-bond donors (Lipinski definition) is 2. The molecule has 1 aliphatic carbocycles. The molecule has 170 valence electrons. The van der Waals surface area contributed by atoms with Crippen LogP contribution in [0.2, 0.25) is 0 Å². The molecule has 9 heteroatoms. The van der Waals surface area contributed by atoms with Crippen LogP contribution in [0.25, 0.3) is 22.8 Å². The normalized spacial score (nSPS) is 14.4. The summed E-state index contributed by atoms with van der Waals surface area (Å²) in [4.78, 5) is 27.6. The van der Waals surface area contributed by atoms with Crippen LogP contribution in [0.1, 0.15) is 35.6 Å². The molecule has 6 rings (SSSR count). The maximum absolute atomic E-state index is 5.57. The third-order valence-corrected chi connectivity index (χ3v) is 6.11. The van der Waals surface area contributed by atoms with Gasteiger partial charge in [0.2, 0.25) is 5.88 Å². The monoisotopic (exact) mass is 452 g/mol. The molecule has 1 aliphatic heterocycles. The van der Waals surface area contributed by atoms with E-state index in [4.69, 9.17) is 14.7 Å². The van der Waals surface area contributed by atoms with Gasteiger partial charge in [0.1, 0.15) is 23.5 Å². The molecule has 0 amide bonds. The number of nitrogens with one attached hydrogen (secondary N) is 2. The summed E-state index contributed by atoms with van der Waals surface area (Å²) in [5.74, 6) is 3.17. The zero-order valence-corrected chi connectivity index (χ0v) is 18.8. The van der Waals surface area contributed by atoms with Crippen LogP contribution < -0.4 is 15.4 Å². The number of ether oxygens (including phenoxy) is 1. The van der Waals surface area contributed by atoms with Gasteiger partial charge in [-0.2, -0.15) is 0 Å². The summed E-state index contributed by atoms with van der Waals surface area (Å²) in [5.41, 5.74) is 5.60. The summed E-state index contributed by atoms with van der Waals surface area (Å²) in [6, 6.07) is 9.86. The van der Waals surface area contributed by atoms with Gasteiger partial charge in [0.25, 0.3) is 0 Å². The van der Waals surface area contributed by atoms with Gasteiger partial charge >= 0.3 is 0 Å². The molecule has 1 fully saturated rings. The third kappa shape index (κ3) is 3.89. The number of methoxy groups -OCH3 is 1. The average molecular weight is 453 g/mol. The van der Waals surface area contributed by atoms with Gasteiger partial charge in [0.05, 0.1) is 24.2 Å². The summed E-state index contributed by atoms with van der Waals surface area (Å²) in [5, 5.41) is 6.89. The van der Waals surface area contributed by atoms with Crippen LogP contribution in [-0.2, 0) is 13.0 Å². The molecule has 0 spiro atoms. The smallest absolute Gasteiger partial charge is 0.227 e. The Labute approximate surface area is 197 Å². The third-order valence-electron chi connectivity index (χ3n) is 6.11. The van der Waals surface area contributed by atoms with Crippen molar-refractivity contribution in [2.75, 3.05) is 24.3 Å². The standard InChI is InChI=1S/C25H24N8O/c1-34-25-20(21(16-6-7-16)30-14-31-25)24-32-22-17(9-11-27-22)23(33-24)29-13-15-5-8-19(28-12-15)18-4-2-3-10-26-18/h2-5,8,10,12,14,16H,6-7,9,11,13H2,1H3,(H2,27,29,32,33). The number of nitrogens with zero attached hydrogens (tertiary/aromatic N) is 6. The zero-order valence-electron chi connectivity index (χ0n) is 18.8. The summed E-state index contributed by atoms with van der Waals surface area (Å²) in [6.45, 7) is 1.43. The molecular formula is C25H24N8O. The highest BCUT2D eigenvalue weighted by molar-refractivity contribution is 5.72. The molecule has 0 radical (unpaired) electrons. The Morgan fingerprint density at radius 2 is 1.94 bits per heavy atom. The molecule has 9 nitrogen and oxygen atoms in total. The number of rotatable bonds is 7. The highest BCUT2D eigenvalue weighted by Crippen LogP contribution is 2.45. The molecule has 5 heterocycles. The van der Waals surface area contributed by atoms with Gasteiger partial charge in [-0.05, 0) is 43.0 Å². The van der Waals surface area contributed by atoms with Gasteiger partial charge in [-0.15, -0.1) is 0 Å². The lowest BCUT2D eigenvalue weighted by atomic mass is 10.1. The van der Waals surface area contributed by atoms with Crippen LogP contribution in [0.5, 0.6) is 5.88 Å². The van der Waals surface area contributed by atoms with Gasteiger partial charge in [-0.25, -0.2) is 19.9 Å². The predicted octanol–water partition coefficient (Wildman–Crippen LogP) is 3.86. The van der Waals surface area contributed by atoms with Crippen molar-refractivity contribution in [1.29, 1.82) is 0 Å². The van der Waals surface area contributed by atoms with Crippen LogP contribution >= 0.6 is 0 Å². The Hall–Kier alpha value is -4.14. The van der Waals surface area contributed by atoms with E-state index in [1.54, 1.807) is 19.6 Å². The Balaban J connectivity index is 1.30. The van der Waals surface area contributed by atoms with Crippen molar-refractivity contribution in [3.63, 3.8) is 0 Å². The summed E-state index contributed by atoms with van der Waals surface area (Å²) < 4.78 is 5.57. The zero-order chi connectivity index (χ0) is 22.9. The van der Waals surface area contributed by atoms with Crippen LogP contribution in [0.4, 0.5) is 11.6 Å². The van der Waals surface area contributed by atoms with Gasteiger partial charge in [-0.1, -0.05) is 12.1 Å². The van der Waals surface area contributed by atoms with Crippen molar-refractivity contribution in [2.24, 2.45) is 0 Å². The molecule has 0 saturated heterocycles. The maximum atomic E-state index is 5.57. The van der Waals surface area contributed by atoms with Crippen LogP contribution in [0, 0.1) is 0 Å². The molecule has 4 aromatic rings. The second-order valence-electron chi connectivity index (χ2n) is 8.44. The lowest BCUT2D eigenvalue weighted by molar-refractivity contribution is 0.397. The number of hydrogen-bond acceptors (Lipinski definition) is 9. The van der Waals surface area contributed by atoms with E-state index >= 15 is 0 Å². The molecule has 4 aromatic heterocycles. The predicted molar refractivity (Wildman–Crippen MR) is 129 cm³/mol. The summed E-state index contributed by atoms with van der Waals surface area (Å²) in [7, 11) is 1.62. The minimum atomic E-state index is 0.414. The summed E-state index contributed by atoms with van der Waals surface area (Å²) >= 11 is 0. The maximum Gasteiger partial charge on any atom is 0.227 e. The fourth-order valence-corrected chi connectivity index (χ4v) is 4.22. The minimum absolute atomic E-state index is 0.414. The Morgan fingerprint density at radius 3 is 2.71 bits per heavy atom. The Bertz CT molecular complexity index is 1320. The minimum Gasteiger partial charge on any atom is -0.480 e. The lowest BCUT2D eigenvalue weighted by Gasteiger charge is -2.15. The van der Waals surface area contributed by atoms with E-state index in [2.05, 4.69) is 36.6 Å². The number of aromatic nitrogens is 6. The molecule has 2 N–H and O–H groups in total. The van der Waals surface area contributed by atoms with E-state index in [9.17, 15) is 0 Å². The molecule has 0 unspecified atom stereocenters. The van der Waals surface area contributed by atoms with E-state index in [1.165, 1.54) is 0 Å². The number of pyridine rings is 2. The number of anilines is 2. The first-order valence-electron chi connectivity index (χ1n) is 11.4. The van der Waals surface area contributed by atoms with E-state index in [0.717, 1.165) is 71.2 Å². The van der Waals surface area contributed by atoms with E-state index in [1.807, 2.05) is 30.5 Å². The topological polar surface area (TPSA) is 111 Å². The van der Waals surface area contributed by atoms with E-state index < -0.39 is 0 Å². The first-order valence-corrected chi connectivity index (χ1v) is 11.4. The fourth-order valence-electron chi connectivity index (χ4n) is 4.22. The first-order chi connectivity index (χ1) is 16.8. The summed E-state index contributed by atoms with van der Waals surface area (Å²) in [6.07, 6.45) is 8.30. The van der Waals surface area contributed by atoms with E-state index in [0.29, 0.717) is 24.2 Å². The molecule has 34 heavy (non-hydrogen) atoms. The Morgan fingerprint density at radius 1 is 1.03 bits per heavy atom. The molecule has 0 bridgehead atoms. The average Bonchev–Trinajstić information content (AvgIpc) is 3.64. The van der Waals surface area contributed by atoms with Crippen molar-refractivity contribution in [2.45, 2.75) is 31.7 Å². The van der Waals surface area contributed by atoms with Gasteiger partial charge in [0, 0.05) is 37.0 Å². The van der Waals surface area contributed by atoms with Crippen LogP contribution in [-0.4, -0.2) is 43.6 Å². The fraction of sp³-hybridized carbons (Fsp3) is 0.280. The molecule has 2 aliphatic rings. The van der Waals surface area contributed by atoms with E-state index in [-0.39, 0.29) is 0 Å². The molecular weight excluding hydrogens is 428 g/mol. The molecule has 1 saturated carbocycles. The van der Waals surface area contributed by atoms with Gasteiger partial charge in [-0.3, -0.25) is 9.97 Å². The van der Waals surface area contributed by atoms with Gasteiger partial charge in [0.15, 0.2) is 5.82 Å². The van der Waals surface area contributed by atoms with Crippen LogP contribution in [0.3, 0.4) is 0 Å². The molecule has 0 aromatic carbocycles. The van der Waals surface area contributed by atoms with Crippen molar-refractivity contribution < 1.29 is 4.74 Å². The Kier molecular flexibility index (Phi) is 5.21. The number of fused-ring (bicyclic) bond motifs is 1. The van der Waals surface area contributed by atoms with Gasteiger partial charge < -0.3 is 15.4 Å². The van der Waals surface area contributed by atoms with Crippen molar-refractivity contribution in [1.82, 2.24) is 29.9 Å². The quantitative estimate of drug-likeness (QED) is 0.432. The second-order valence-corrected chi connectivity index (χ2v) is 8.44. The molecule has 0 atom stereocenters. The highest BCUT2D eigenvalue weighted by Gasteiger charge is 2.32. The largest absolute Gasteiger partial charge is 0.480 e. The van der Waals surface area contributed by atoms with Crippen molar-refractivity contribution in [3.05, 3.63) is 65.9 Å². The second kappa shape index (κ2) is 8.66. The highest BCUT2D eigenvalue weighted by atomic mass is 16.5. The SMILES string of the molecule is COc1ncnc(C2CC2)c1-c1nc2c(c(NCc3ccc(-c4ccccn4)nc3)n1)CCN2. The van der Waals surface area contributed by atoms with Crippen molar-refractivity contribution in [3.8, 4) is 28.7 Å². The lowest BCUT2D eigenvalue weighted by Crippen LogP contribution is -2.08. The van der Waals surface area contributed by atoms with Crippen molar-refractivity contribution >= 4 is 11.6 Å².